The molecule has 0 spiro atoms. The Labute approximate surface area is 99.4 Å². The summed E-state index contributed by atoms with van der Waals surface area (Å²) >= 11 is 0. The van der Waals surface area contributed by atoms with E-state index in [2.05, 4.69) is 5.32 Å². The van der Waals surface area contributed by atoms with Crippen molar-refractivity contribution in [1.29, 1.82) is 0 Å². The van der Waals surface area contributed by atoms with Crippen molar-refractivity contribution in [3.05, 3.63) is 24.3 Å². The number of aliphatic hydroxyl groups excluding tert-OH is 1. The third-order valence-electron chi connectivity index (χ3n) is 2.22. The first-order valence-corrected chi connectivity index (χ1v) is 5.15. The molecule has 0 bridgehead atoms. The van der Waals surface area contributed by atoms with Crippen molar-refractivity contribution in [1.82, 2.24) is 0 Å². The van der Waals surface area contributed by atoms with Crippen molar-refractivity contribution in [2.24, 2.45) is 0 Å². The van der Waals surface area contributed by atoms with E-state index in [0.717, 1.165) is 0 Å². The first-order valence-electron chi connectivity index (χ1n) is 5.15. The molecule has 1 aromatic carbocycles. The molecule has 17 heavy (non-hydrogen) atoms. The second-order valence-electron chi connectivity index (χ2n) is 3.61. The number of amides is 1. The highest BCUT2D eigenvalue weighted by Crippen LogP contribution is 2.15. The van der Waals surface area contributed by atoms with Gasteiger partial charge in [-0.05, 0) is 31.2 Å². The minimum Gasteiger partial charge on any atom is -0.497 e. The lowest BCUT2D eigenvalue weighted by Gasteiger charge is -2.08. The molecule has 0 saturated heterocycles. The topological polar surface area (TPSA) is 75.6 Å². The zero-order valence-electron chi connectivity index (χ0n) is 9.77. The van der Waals surface area contributed by atoms with Gasteiger partial charge in [-0.1, -0.05) is 0 Å². The minimum absolute atomic E-state index is 0.235. The third kappa shape index (κ3) is 4.24. The Hall–Kier alpha value is -1.88. The molecule has 1 amide bonds. The maximum absolute atomic E-state index is 11.4. The Balaban J connectivity index is 2.53. The van der Waals surface area contributed by atoms with Gasteiger partial charge in [-0.2, -0.15) is 0 Å². The molecule has 1 unspecified atom stereocenters. The maximum atomic E-state index is 11.4. The molecule has 5 nitrogen and oxygen atoms in total. The highest BCUT2D eigenvalue weighted by atomic mass is 16.5. The molecule has 0 radical (unpaired) electrons. The summed E-state index contributed by atoms with van der Waals surface area (Å²) in [6.45, 7) is 1.24. The van der Waals surface area contributed by atoms with Crippen molar-refractivity contribution in [3.8, 4) is 5.75 Å². The summed E-state index contributed by atoms with van der Waals surface area (Å²) in [6.07, 6.45) is -1.48. The molecule has 2 N–H and O–H groups in total. The number of hydrogen-bond donors (Lipinski definition) is 2. The highest BCUT2D eigenvalue weighted by molar-refractivity contribution is 5.94. The van der Waals surface area contributed by atoms with E-state index in [1.807, 2.05) is 0 Å². The Kier molecular flexibility index (Phi) is 4.66. The van der Waals surface area contributed by atoms with Crippen molar-refractivity contribution in [2.75, 3.05) is 12.4 Å². The quantitative estimate of drug-likeness (QED) is 0.800. The van der Waals surface area contributed by atoms with Crippen LogP contribution in [0.2, 0.25) is 0 Å². The smallest absolute Gasteiger partial charge is 0.227 e. The molecule has 0 fully saturated rings. The van der Waals surface area contributed by atoms with Crippen molar-refractivity contribution >= 4 is 17.4 Å². The Morgan fingerprint density at radius 2 is 1.94 bits per heavy atom. The summed E-state index contributed by atoms with van der Waals surface area (Å²) in [5.74, 6) is -0.139. The average molecular weight is 237 g/mol. The number of benzene rings is 1. The fourth-order valence-corrected chi connectivity index (χ4v) is 1.21. The Bertz CT molecular complexity index is 399. The van der Waals surface area contributed by atoms with Crippen LogP contribution in [0.3, 0.4) is 0 Å². The number of hydrogen-bond acceptors (Lipinski definition) is 4. The van der Waals surface area contributed by atoms with E-state index in [1.54, 1.807) is 31.4 Å². The Morgan fingerprint density at radius 1 is 1.35 bits per heavy atom. The number of carbonyl (C=O) groups excluding carboxylic acids is 2. The number of methoxy groups -OCH3 is 1. The predicted octanol–water partition coefficient (Wildman–Crippen LogP) is 0.974. The number of carbonyl (C=O) groups is 2. The lowest BCUT2D eigenvalue weighted by molar-refractivity contribution is -0.129. The van der Waals surface area contributed by atoms with E-state index in [0.29, 0.717) is 11.4 Å². The van der Waals surface area contributed by atoms with Crippen LogP contribution in [0.4, 0.5) is 5.69 Å². The molecule has 0 aliphatic heterocycles. The number of aliphatic hydroxyl groups is 1. The summed E-state index contributed by atoms with van der Waals surface area (Å²) in [4.78, 5) is 22.2. The van der Waals surface area contributed by atoms with Gasteiger partial charge in [0, 0.05) is 5.69 Å². The van der Waals surface area contributed by atoms with Crippen LogP contribution in [0.15, 0.2) is 24.3 Å². The van der Waals surface area contributed by atoms with Crippen LogP contribution in [0.5, 0.6) is 5.75 Å². The molecule has 0 aliphatic carbocycles. The van der Waals surface area contributed by atoms with Crippen LogP contribution in [0, 0.1) is 0 Å². The van der Waals surface area contributed by atoms with Gasteiger partial charge in [-0.25, -0.2) is 0 Å². The summed E-state index contributed by atoms with van der Waals surface area (Å²) in [6, 6.07) is 6.77. The SMILES string of the molecule is COc1ccc(NC(=O)CC(O)C(C)=O)cc1. The molecule has 0 aliphatic rings. The van der Waals surface area contributed by atoms with Gasteiger partial charge < -0.3 is 15.2 Å². The summed E-state index contributed by atoms with van der Waals surface area (Å²) < 4.78 is 4.97. The van der Waals surface area contributed by atoms with Crippen LogP contribution in [-0.2, 0) is 9.59 Å². The molecule has 0 aromatic heterocycles. The molecule has 92 valence electrons. The highest BCUT2D eigenvalue weighted by Gasteiger charge is 2.14. The van der Waals surface area contributed by atoms with E-state index in [1.165, 1.54) is 6.92 Å². The number of ether oxygens (including phenoxy) is 1. The van der Waals surface area contributed by atoms with Crippen LogP contribution >= 0.6 is 0 Å². The normalized spacial score (nSPS) is 11.7. The van der Waals surface area contributed by atoms with Gasteiger partial charge in [0.1, 0.15) is 11.9 Å². The summed E-state index contributed by atoms with van der Waals surface area (Å²) in [7, 11) is 1.55. The average Bonchev–Trinajstić information content (AvgIpc) is 2.29. The second kappa shape index (κ2) is 6.00. The van der Waals surface area contributed by atoms with Crippen molar-refractivity contribution in [2.45, 2.75) is 19.4 Å². The van der Waals surface area contributed by atoms with Gasteiger partial charge in [0.05, 0.1) is 13.5 Å². The predicted molar refractivity (Wildman–Crippen MR) is 62.9 cm³/mol. The second-order valence-corrected chi connectivity index (χ2v) is 3.61. The largest absolute Gasteiger partial charge is 0.497 e. The first-order chi connectivity index (χ1) is 8.02. The van der Waals surface area contributed by atoms with Crippen LogP contribution in [-0.4, -0.2) is 30.0 Å². The monoisotopic (exact) mass is 237 g/mol. The molecule has 0 heterocycles. The first kappa shape index (κ1) is 13.2. The number of Topliss-reactive ketones (excluding diaryl/α,β-unsaturated/α-hetero) is 1. The minimum atomic E-state index is -1.24. The van der Waals surface area contributed by atoms with Gasteiger partial charge in [0.15, 0.2) is 5.78 Å². The number of anilines is 1. The van der Waals surface area contributed by atoms with Gasteiger partial charge in [0.2, 0.25) is 5.91 Å². The molecule has 1 atom stereocenters. The van der Waals surface area contributed by atoms with Gasteiger partial charge in [-0.3, -0.25) is 9.59 Å². The van der Waals surface area contributed by atoms with Gasteiger partial charge in [-0.15, -0.1) is 0 Å². The van der Waals surface area contributed by atoms with E-state index in [9.17, 15) is 14.7 Å². The molecule has 0 saturated carbocycles. The van der Waals surface area contributed by atoms with Crippen molar-refractivity contribution < 1.29 is 19.4 Å². The molecular formula is C12H15NO4. The molecular weight excluding hydrogens is 222 g/mol. The van der Waals surface area contributed by atoms with Crippen molar-refractivity contribution in [3.63, 3.8) is 0 Å². The van der Waals surface area contributed by atoms with E-state index >= 15 is 0 Å². The number of ketones is 1. The molecule has 1 aromatic rings. The summed E-state index contributed by atoms with van der Waals surface area (Å²) in [5, 5.41) is 11.8. The third-order valence-corrected chi connectivity index (χ3v) is 2.22. The number of rotatable bonds is 5. The van der Waals surface area contributed by atoms with Gasteiger partial charge >= 0.3 is 0 Å². The lowest BCUT2D eigenvalue weighted by atomic mass is 10.2. The fraction of sp³-hybridized carbons (Fsp3) is 0.333. The lowest BCUT2D eigenvalue weighted by Crippen LogP contribution is -2.24. The fourth-order valence-electron chi connectivity index (χ4n) is 1.21. The standard InChI is InChI=1S/C12H15NO4/c1-8(14)11(15)7-12(16)13-9-3-5-10(17-2)6-4-9/h3-6,11,15H,7H2,1-2H3,(H,13,16). The number of nitrogens with one attached hydrogen (secondary N) is 1. The van der Waals surface area contributed by atoms with Crippen LogP contribution < -0.4 is 10.1 Å². The maximum Gasteiger partial charge on any atom is 0.227 e. The van der Waals surface area contributed by atoms with E-state index in [-0.39, 0.29) is 6.42 Å². The van der Waals surface area contributed by atoms with E-state index in [4.69, 9.17) is 4.74 Å². The zero-order chi connectivity index (χ0) is 12.8. The Morgan fingerprint density at radius 3 is 2.41 bits per heavy atom. The van der Waals surface area contributed by atoms with Crippen LogP contribution in [0.1, 0.15) is 13.3 Å². The van der Waals surface area contributed by atoms with Crippen LogP contribution in [0.25, 0.3) is 0 Å². The summed E-state index contributed by atoms with van der Waals surface area (Å²) in [5.41, 5.74) is 0.589. The molecule has 5 heteroatoms. The van der Waals surface area contributed by atoms with E-state index < -0.39 is 17.8 Å². The zero-order valence-corrected chi connectivity index (χ0v) is 9.77. The molecule has 1 rings (SSSR count). The van der Waals surface area contributed by atoms with Gasteiger partial charge in [0.25, 0.3) is 0 Å².